The number of morpholine rings is 1. The van der Waals surface area contributed by atoms with Crippen LogP contribution in [0.5, 0.6) is 0 Å². The van der Waals surface area contributed by atoms with Gasteiger partial charge in [-0.05, 0) is 38.2 Å². The number of carbonyl (C=O) groups excluding carboxylic acids is 1. The van der Waals surface area contributed by atoms with E-state index in [2.05, 4.69) is 11.5 Å². The zero-order valence-corrected chi connectivity index (χ0v) is 12.9. The summed E-state index contributed by atoms with van der Waals surface area (Å²) in [5.41, 5.74) is 1.76. The molecular formula is C17H24N2O2. The third-order valence-electron chi connectivity index (χ3n) is 3.72. The van der Waals surface area contributed by atoms with Crippen LogP contribution in [0.1, 0.15) is 22.3 Å². The minimum Gasteiger partial charge on any atom is -0.374 e. The van der Waals surface area contributed by atoms with Crippen LogP contribution in [0.15, 0.2) is 30.8 Å². The van der Waals surface area contributed by atoms with E-state index in [1.54, 1.807) is 6.08 Å². The minimum absolute atomic E-state index is 0.0868. The van der Waals surface area contributed by atoms with Crippen molar-refractivity contribution in [1.82, 2.24) is 9.80 Å². The van der Waals surface area contributed by atoms with Gasteiger partial charge in [-0.25, -0.2) is 0 Å². The zero-order valence-electron chi connectivity index (χ0n) is 12.9. The fraction of sp³-hybridized carbons (Fsp3) is 0.471. The number of hydrogen-bond acceptors (Lipinski definition) is 3. The highest BCUT2D eigenvalue weighted by atomic mass is 16.5. The lowest BCUT2D eigenvalue weighted by Crippen LogP contribution is -2.46. The second-order valence-electron chi connectivity index (χ2n) is 5.66. The normalized spacial score (nSPS) is 18.8. The highest BCUT2D eigenvalue weighted by molar-refractivity contribution is 5.94. The molecule has 0 aromatic heterocycles. The van der Waals surface area contributed by atoms with E-state index in [1.165, 1.54) is 0 Å². The number of amides is 1. The van der Waals surface area contributed by atoms with Gasteiger partial charge in [0.2, 0.25) is 0 Å². The fourth-order valence-corrected chi connectivity index (χ4v) is 2.42. The summed E-state index contributed by atoms with van der Waals surface area (Å²) in [4.78, 5) is 16.5. The molecule has 0 N–H and O–H groups in total. The third-order valence-corrected chi connectivity index (χ3v) is 3.72. The van der Waals surface area contributed by atoms with Gasteiger partial charge in [-0.1, -0.05) is 24.8 Å². The van der Waals surface area contributed by atoms with Gasteiger partial charge < -0.3 is 14.5 Å². The summed E-state index contributed by atoms with van der Waals surface area (Å²) in [6, 6.07) is 7.57. The van der Waals surface area contributed by atoms with Gasteiger partial charge in [0.1, 0.15) is 0 Å². The maximum Gasteiger partial charge on any atom is 0.254 e. The predicted octanol–water partition coefficient (Wildman–Crippen LogP) is 2.12. The van der Waals surface area contributed by atoms with Gasteiger partial charge in [-0.15, -0.1) is 0 Å². The Kier molecular flexibility index (Phi) is 5.53. The van der Waals surface area contributed by atoms with Crippen LogP contribution in [0.2, 0.25) is 0 Å². The van der Waals surface area contributed by atoms with Crippen LogP contribution >= 0.6 is 0 Å². The molecule has 0 bridgehead atoms. The summed E-state index contributed by atoms with van der Waals surface area (Å²) >= 11 is 0. The topological polar surface area (TPSA) is 32.8 Å². The molecule has 0 radical (unpaired) electrons. The summed E-state index contributed by atoms with van der Waals surface area (Å²) in [6.07, 6.45) is 2.87. The summed E-state index contributed by atoms with van der Waals surface area (Å²) in [6.45, 7) is 6.66. The molecule has 1 saturated heterocycles. The van der Waals surface area contributed by atoms with Crippen molar-refractivity contribution in [3.8, 4) is 0 Å². The lowest BCUT2D eigenvalue weighted by Gasteiger charge is -2.33. The van der Waals surface area contributed by atoms with E-state index < -0.39 is 0 Å². The maximum atomic E-state index is 12.5. The molecule has 1 aromatic carbocycles. The van der Waals surface area contributed by atoms with Gasteiger partial charge in [0.25, 0.3) is 5.91 Å². The number of nitrogens with zero attached hydrogens (tertiary/aromatic N) is 2. The number of rotatable bonds is 5. The Morgan fingerprint density at radius 3 is 2.76 bits per heavy atom. The highest BCUT2D eigenvalue weighted by Gasteiger charge is 2.24. The Bertz CT molecular complexity index is 482. The molecule has 2 rings (SSSR count). The van der Waals surface area contributed by atoms with Gasteiger partial charge in [-0.2, -0.15) is 0 Å². The van der Waals surface area contributed by atoms with Gasteiger partial charge in [-0.3, -0.25) is 4.79 Å². The molecule has 1 amide bonds. The smallest absolute Gasteiger partial charge is 0.254 e. The molecule has 114 valence electrons. The van der Waals surface area contributed by atoms with Crippen molar-refractivity contribution in [3.05, 3.63) is 42.0 Å². The fourth-order valence-electron chi connectivity index (χ4n) is 2.42. The van der Waals surface area contributed by atoms with Gasteiger partial charge in [0.05, 0.1) is 12.7 Å². The van der Waals surface area contributed by atoms with Gasteiger partial charge >= 0.3 is 0 Å². The number of hydrogen-bond donors (Lipinski definition) is 0. The van der Waals surface area contributed by atoms with Crippen molar-refractivity contribution >= 4 is 12.0 Å². The van der Waals surface area contributed by atoms with E-state index in [0.717, 1.165) is 24.1 Å². The Hall–Kier alpha value is -1.65. The quantitative estimate of drug-likeness (QED) is 0.832. The van der Waals surface area contributed by atoms with Crippen molar-refractivity contribution in [2.75, 3.05) is 40.3 Å². The Labute approximate surface area is 127 Å². The van der Waals surface area contributed by atoms with Crippen LogP contribution in [0.4, 0.5) is 0 Å². The molecule has 4 nitrogen and oxygen atoms in total. The maximum absolute atomic E-state index is 12.5. The van der Waals surface area contributed by atoms with E-state index in [9.17, 15) is 4.79 Å². The molecule has 1 aromatic rings. The molecule has 1 aliphatic rings. The van der Waals surface area contributed by atoms with Crippen LogP contribution in [0.3, 0.4) is 0 Å². The molecule has 0 aliphatic carbocycles. The zero-order chi connectivity index (χ0) is 15.2. The molecule has 1 atom stereocenters. The largest absolute Gasteiger partial charge is 0.374 e. The standard InChI is InChI=1S/C17H24N2O2/c1-4-14-5-7-15(8-6-14)17(20)19-11-12-21-16(13-19)9-10-18(2)3/h4-8,16H,1,9-13H2,2-3H3. The molecule has 0 spiro atoms. The predicted molar refractivity (Wildman–Crippen MR) is 85.3 cm³/mol. The first-order chi connectivity index (χ1) is 10.1. The highest BCUT2D eigenvalue weighted by Crippen LogP contribution is 2.14. The van der Waals surface area contributed by atoms with E-state index in [-0.39, 0.29) is 12.0 Å². The van der Waals surface area contributed by atoms with E-state index in [1.807, 2.05) is 43.3 Å². The van der Waals surface area contributed by atoms with Crippen LogP contribution in [-0.2, 0) is 4.74 Å². The van der Waals surface area contributed by atoms with E-state index in [0.29, 0.717) is 19.7 Å². The molecule has 1 heterocycles. The van der Waals surface area contributed by atoms with Crippen molar-refractivity contribution in [2.45, 2.75) is 12.5 Å². The Morgan fingerprint density at radius 1 is 1.43 bits per heavy atom. The molecule has 1 aliphatic heterocycles. The van der Waals surface area contributed by atoms with Crippen LogP contribution in [-0.4, -0.2) is 62.1 Å². The first kappa shape index (κ1) is 15.7. The van der Waals surface area contributed by atoms with Crippen LogP contribution < -0.4 is 0 Å². The minimum atomic E-state index is 0.0868. The average Bonchev–Trinajstić information content (AvgIpc) is 2.52. The van der Waals surface area contributed by atoms with E-state index >= 15 is 0 Å². The molecule has 0 saturated carbocycles. The van der Waals surface area contributed by atoms with Crippen molar-refractivity contribution in [1.29, 1.82) is 0 Å². The monoisotopic (exact) mass is 288 g/mol. The Morgan fingerprint density at radius 2 is 2.14 bits per heavy atom. The average molecular weight is 288 g/mol. The lowest BCUT2D eigenvalue weighted by atomic mass is 10.1. The van der Waals surface area contributed by atoms with Gasteiger partial charge in [0, 0.05) is 25.2 Å². The number of ether oxygens (including phenoxy) is 1. The second-order valence-corrected chi connectivity index (χ2v) is 5.66. The van der Waals surface area contributed by atoms with Crippen LogP contribution in [0, 0.1) is 0 Å². The molecule has 1 fully saturated rings. The first-order valence-corrected chi connectivity index (χ1v) is 7.38. The third kappa shape index (κ3) is 4.41. The molecular weight excluding hydrogens is 264 g/mol. The number of carbonyl (C=O) groups is 1. The summed E-state index contributed by atoms with van der Waals surface area (Å²) in [7, 11) is 4.10. The Balaban J connectivity index is 1.96. The second kappa shape index (κ2) is 7.38. The van der Waals surface area contributed by atoms with Crippen molar-refractivity contribution < 1.29 is 9.53 Å². The summed E-state index contributed by atoms with van der Waals surface area (Å²) in [5.74, 6) is 0.0868. The van der Waals surface area contributed by atoms with E-state index in [4.69, 9.17) is 4.74 Å². The summed E-state index contributed by atoms with van der Waals surface area (Å²) in [5, 5.41) is 0. The summed E-state index contributed by atoms with van der Waals surface area (Å²) < 4.78 is 5.75. The molecule has 21 heavy (non-hydrogen) atoms. The number of benzene rings is 1. The van der Waals surface area contributed by atoms with Gasteiger partial charge in [0.15, 0.2) is 0 Å². The molecule has 4 heteroatoms. The molecule has 1 unspecified atom stereocenters. The van der Waals surface area contributed by atoms with Crippen molar-refractivity contribution in [2.24, 2.45) is 0 Å². The SMILES string of the molecule is C=Cc1ccc(C(=O)N2CCOC(CCN(C)C)C2)cc1. The van der Waals surface area contributed by atoms with Crippen LogP contribution in [0.25, 0.3) is 6.08 Å². The first-order valence-electron chi connectivity index (χ1n) is 7.38. The lowest BCUT2D eigenvalue weighted by molar-refractivity contribution is -0.0269. The van der Waals surface area contributed by atoms with Crippen molar-refractivity contribution in [3.63, 3.8) is 0 Å².